The Hall–Kier alpha value is -0.680. The SMILES string of the molecule is CCc1cnc(C(C)NC(=S)NC2CC2)s1. The Morgan fingerprint density at radius 2 is 2.44 bits per heavy atom. The van der Waals surface area contributed by atoms with E-state index in [1.54, 1.807) is 11.3 Å². The molecule has 0 amide bonds. The Bertz CT molecular complexity index is 371. The van der Waals surface area contributed by atoms with Crippen LogP contribution in [0.3, 0.4) is 0 Å². The average molecular weight is 255 g/mol. The summed E-state index contributed by atoms with van der Waals surface area (Å²) < 4.78 is 0. The van der Waals surface area contributed by atoms with E-state index in [4.69, 9.17) is 12.2 Å². The molecule has 0 bridgehead atoms. The first-order chi connectivity index (χ1) is 7.69. The van der Waals surface area contributed by atoms with E-state index >= 15 is 0 Å². The van der Waals surface area contributed by atoms with E-state index in [1.165, 1.54) is 17.7 Å². The fourth-order valence-corrected chi connectivity index (χ4v) is 2.60. The highest BCUT2D eigenvalue weighted by Crippen LogP contribution is 2.21. The van der Waals surface area contributed by atoms with Crippen molar-refractivity contribution in [1.29, 1.82) is 0 Å². The van der Waals surface area contributed by atoms with E-state index in [1.807, 2.05) is 6.20 Å². The van der Waals surface area contributed by atoms with Crippen molar-refractivity contribution in [2.45, 2.75) is 45.2 Å². The second kappa shape index (κ2) is 5.10. The standard InChI is InChI=1S/C11H17N3S2/c1-3-9-6-12-10(16-9)7(2)13-11(15)14-8-4-5-8/h6-8H,3-5H2,1-2H3,(H2,13,14,15). The van der Waals surface area contributed by atoms with Crippen LogP contribution < -0.4 is 10.6 Å². The van der Waals surface area contributed by atoms with Gasteiger partial charge in [-0.2, -0.15) is 0 Å². The first-order valence-electron chi connectivity index (χ1n) is 5.70. The van der Waals surface area contributed by atoms with Gasteiger partial charge in [-0.3, -0.25) is 0 Å². The highest BCUT2D eigenvalue weighted by molar-refractivity contribution is 7.80. The van der Waals surface area contributed by atoms with E-state index in [0.29, 0.717) is 6.04 Å². The fraction of sp³-hybridized carbons (Fsp3) is 0.636. The molecule has 1 atom stereocenters. The largest absolute Gasteiger partial charge is 0.360 e. The van der Waals surface area contributed by atoms with Crippen molar-refractivity contribution >= 4 is 28.7 Å². The molecule has 16 heavy (non-hydrogen) atoms. The molecule has 5 heteroatoms. The van der Waals surface area contributed by atoms with Crippen LogP contribution in [0.1, 0.15) is 42.6 Å². The van der Waals surface area contributed by atoms with E-state index < -0.39 is 0 Å². The Kier molecular flexibility index (Phi) is 3.76. The Morgan fingerprint density at radius 3 is 3.00 bits per heavy atom. The Morgan fingerprint density at radius 1 is 1.69 bits per heavy atom. The number of nitrogens with one attached hydrogen (secondary N) is 2. The second-order valence-corrected chi connectivity index (χ2v) is 5.69. The number of thiazole rings is 1. The summed E-state index contributed by atoms with van der Waals surface area (Å²) in [4.78, 5) is 5.73. The number of aryl methyl sites for hydroxylation is 1. The summed E-state index contributed by atoms with van der Waals surface area (Å²) in [6.07, 6.45) is 5.49. The number of aromatic nitrogens is 1. The van der Waals surface area contributed by atoms with Gasteiger partial charge in [0.15, 0.2) is 5.11 Å². The number of thiocarbonyl (C=S) groups is 1. The van der Waals surface area contributed by atoms with Gasteiger partial charge in [0.25, 0.3) is 0 Å². The zero-order chi connectivity index (χ0) is 11.5. The molecule has 1 aromatic heterocycles. The van der Waals surface area contributed by atoms with Crippen LogP contribution in [0.25, 0.3) is 0 Å². The quantitative estimate of drug-likeness (QED) is 0.810. The van der Waals surface area contributed by atoms with Crippen LogP contribution >= 0.6 is 23.6 Å². The molecule has 1 aliphatic carbocycles. The molecule has 88 valence electrons. The predicted octanol–water partition coefficient (Wildman–Crippen LogP) is 2.39. The van der Waals surface area contributed by atoms with E-state index in [2.05, 4.69) is 29.5 Å². The summed E-state index contributed by atoms with van der Waals surface area (Å²) in [7, 11) is 0. The molecule has 1 aliphatic rings. The summed E-state index contributed by atoms with van der Waals surface area (Å²) in [5, 5.41) is 8.41. The lowest BCUT2D eigenvalue weighted by atomic mass is 10.3. The lowest BCUT2D eigenvalue weighted by Gasteiger charge is -2.14. The lowest BCUT2D eigenvalue weighted by molar-refractivity contribution is 0.691. The zero-order valence-corrected chi connectivity index (χ0v) is 11.3. The first kappa shape index (κ1) is 11.8. The molecule has 0 saturated heterocycles. The summed E-state index contributed by atoms with van der Waals surface area (Å²) >= 11 is 6.99. The smallest absolute Gasteiger partial charge is 0.167 e. The van der Waals surface area contributed by atoms with Gasteiger partial charge >= 0.3 is 0 Å². The van der Waals surface area contributed by atoms with Gasteiger partial charge in [0.05, 0.1) is 6.04 Å². The monoisotopic (exact) mass is 255 g/mol. The maximum absolute atomic E-state index is 5.24. The average Bonchev–Trinajstić information content (AvgIpc) is 2.93. The van der Waals surface area contributed by atoms with Crippen molar-refractivity contribution in [3.63, 3.8) is 0 Å². The summed E-state index contributed by atoms with van der Waals surface area (Å²) in [6, 6.07) is 0.804. The predicted molar refractivity (Wildman–Crippen MR) is 71.8 cm³/mol. The van der Waals surface area contributed by atoms with Crippen molar-refractivity contribution < 1.29 is 0 Å². The van der Waals surface area contributed by atoms with E-state index in [9.17, 15) is 0 Å². The van der Waals surface area contributed by atoms with Crippen LogP contribution in [0.2, 0.25) is 0 Å². The minimum absolute atomic E-state index is 0.198. The highest BCUT2D eigenvalue weighted by Gasteiger charge is 2.22. The highest BCUT2D eigenvalue weighted by atomic mass is 32.1. The maximum Gasteiger partial charge on any atom is 0.167 e. The molecule has 1 aromatic rings. The van der Waals surface area contributed by atoms with Crippen LogP contribution in [-0.4, -0.2) is 16.1 Å². The molecule has 1 unspecified atom stereocenters. The lowest BCUT2D eigenvalue weighted by Crippen LogP contribution is -2.37. The molecule has 0 radical (unpaired) electrons. The first-order valence-corrected chi connectivity index (χ1v) is 6.93. The van der Waals surface area contributed by atoms with Gasteiger partial charge in [0, 0.05) is 17.1 Å². The van der Waals surface area contributed by atoms with Gasteiger partial charge in [0.2, 0.25) is 0 Å². The molecule has 0 aromatic carbocycles. The molecule has 1 fully saturated rings. The molecule has 1 heterocycles. The van der Waals surface area contributed by atoms with Crippen molar-refractivity contribution in [3.05, 3.63) is 16.1 Å². The maximum atomic E-state index is 5.24. The zero-order valence-electron chi connectivity index (χ0n) is 9.62. The van der Waals surface area contributed by atoms with Gasteiger partial charge in [-0.15, -0.1) is 11.3 Å². The van der Waals surface area contributed by atoms with Gasteiger partial charge < -0.3 is 10.6 Å². The Balaban J connectivity index is 1.85. The summed E-state index contributed by atoms with van der Waals surface area (Å²) in [5.41, 5.74) is 0. The molecule has 2 rings (SSSR count). The van der Waals surface area contributed by atoms with Crippen molar-refractivity contribution in [2.75, 3.05) is 0 Å². The van der Waals surface area contributed by atoms with Crippen LogP contribution in [0.5, 0.6) is 0 Å². The number of hydrogen-bond acceptors (Lipinski definition) is 3. The van der Waals surface area contributed by atoms with Gasteiger partial charge in [-0.05, 0) is 38.4 Å². The van der Waals surface area contributed by atoms with Crippen molar-refractivity contribution in [2.24, 2.45) is 0 Å². The molecular weight excluding hydrogens is 238 g/mol. The topological polar surface area (TPSA) is 37.0 Å². The third-order valence-electron chi connectivity index (χ3n) is 2.55. The fourth-order valence-electron chi connectivity index (χ4n) is 1.40. The number of hydrogen-bond donors (Lipinski definition) is 2. The van der Waals surface area contributed by atoms with Gasteiger partial charge in [0.1, 0.15) is 5.01 Å². The van der Waals surface area contributed by atoms with Crippen LogP contribution in [0.15, 0.2) is 6.20 Å². The second-order valence-electron chi connectivity index (χ2n) is 4.13. The minimum atomic E-state index is 0.198. The van der Waals surface area contributed by atoms with Crippen LogP contribution in [0.4, 0.5) is 0 Å². The van der Waals surface area contributed by atoms with E-state index in [-0.39, 0.29) is 6.04 Å². The van der Waals surface area contributed by atoms with Crippen LogP contribution in [-0.2, 0) is 6.42 Å². The Labute approximate surface area is 106 Å². The molecule has 0 aliphatic heterocycles. The van der Waals surface area contributed by atoms with Gasteiger partial charge in [-0.1, -0.05) is 6.92 Å². The van der Waals surface area contributed by atoms with Crippen molar-refractivity contribution in [1.82, 2.24) is 15.6 Å². The molecule has 2 N–H and O–H groups in total. The van der Waals surface area contributed by atoms with E-state index in [0.717, 1.165) is 16.5 Å². The third-order valence-corrected chi connectivity index (χ3v) is 4.11. The normalized spacial score (nSPS) is 16.9. The number of rotatable bonds is 4. The minimum Gasteiger partial charge on any atom is -0.360 e. The van der Waals surface area contributed by atoms with Gasteiger partial charge in [-0.25, -0.2) is 4.98 Å². The number of nitrogens with zero attached hydrogens (tertiary/aromatic N) is 1. The molecular formula is C11H17N3S2. The third kappa shape index (κ3) is 3.15. The molecule has 1 saturated carbocycles. The van der Waals surface area contributed by atoms with Crippen molar-refractivity contribution in [3.8, 4) is 0 Å². The molecule has 0 spiro atoms. The molecule has 3 nitrogen and oxygen atoms in total. The van der Waals surface area contributed by atoms with Crippen LogP contribution in [0, 0.1) is 0 Å². The summed E-state index contributed by atoms with van der Waals surface area (Å²) in [5.74, 6) is 0. The summed E-state index contributed by atoms with van der Waals surface area (Å²) in [6.45, 7) is 4.24.